The van der Waals surface area contributed by atoms with Crippen LogP contribution in [0.5, 0.6) is 0 Å². The third-order valence-corrected chi connectivity index (χ3v) is 7.65. The molecular weight excluding hydrogens is 494 g/mol. The molecule has 194 valence electrons. The van der Waals surface area contributed by atoms with Crippen LogP contribution in [-0.2, 0) is 0 Å². The van der Waals surface area contributed by atoms with E-state index in [0.717, 1.165) is 17.1 Å². The highest BCUT2D eigenvalue weighted by atomic mass is 15.1. The second kappa shape index (κ2) is 11.0. The minimum Gasteiger partial charge on any atom is -0.310 e. The number of para-hydroxylation sites is 1. The molecule has 0 N–H and O–H groups in total. The van der Waals surface area contributed by atoms with Gasteiger partial charge in [-0.1, -0.05) is 133 Å². The Bertz CT molecular complexity index is 1910. The second-order valence-electron chi connectivity index (χ2n) is 10.3. The molecule has 0 radical (unpaired) electrons. The maximum absolute atomic E-state index is 2.33. The van der Waals surface area contributed by atoms with E-state index in [9.17, 15) is 0 Å². The molecule has 0 aliphatic rings. The lowest BCUT2D eigenvalue weighted by Crippen LogP contribution is -2.09. The van der Waals surface area contributed by atoms with Crippen molar-refractivity contribution in [2.45, 2.75) is 0 Å². The van der Waals surface area contributed by atoms with Gasteiger partial charge in [-0.05, 0) is 86.6 Å². The molecule has 0 aliphatic carbocycles. The number of benzene rings is 7. The maximum Gasteiger partial charge on any atom is 0.0467 e. The quantitative estimate of drug-likeness (QED) is 0.209. The van der Waals surface area contributed by atoms with Crippen molar-refractivity contribution >= 4 is 27.8 Å². The van der Waals surface area contributed by atoms with Crippen LogP contribution < -0.4 is 4.90 Å². The normalized spacial score (nSPS) is 10.9. The second-order valence-corrected chi connectivity index (χ2v) is 10.3. The van der Waals surface area contributed by atoms with E-state index in [2.05, 4.69) is 181 Å². The van der Waals surface area contributed by atoms with E-state index < -0.39 is 0 Å². The van der Waals surface area contributed by atoms with Gasteiger partial charge in [0.2, 0.25) is 0 Å². The Kier molecular flexibility index (Phi) is 6.61. The Labute approximate surface area is 241 Å². The summed E-state index contributed by atoms with van der Waals surface area (Å²) < 4.78 is 0. The molecule has 0 saturated carbocycles. The average Bonchev–Trinajstić information content (AvgIpc) is 3.06. The lowest BCUT2D eigenvalue weighted by Gasteiger charge is -2.26. The van der Waals surface area contributed by atoms with E-state index in [-0.39, 0.29) is 0 Å². The summed E-state index contributed by atoms with van der Waals surface area (Å²) in [6, 6.07) is 62.8. The molecule has 0 bridgehead atoms. The topological polar surface area (TPSA) is 3.24 Å². The molecular formula is C40H29N. The van der Waals surface area contributed by atoms with Gasteiger partial charge in [-0.3, -0.25) is 0 Å². The average molecular weight is 524 g/mol. The summed E-state index contributed by atoms with van der Waals surface area (Å²) in [4.78, 5) is 2.33. The zero-order valence-electron chi connectivity index (χ0n) is 22.7. The molecule has 0 saturated heterocycles. The molecule has 0 unspecified atom stereocenters. The van der Waals surface area contributed by atoms with E-state index in [1.807, 2.05) is 0 Å². The molecule has 0 heterocycles. The van der Waals surface area contributed by atoms with Crippen molar-refractivity contribution in [2.75, 3.05) is 4.90 Å². The van der Waals surface area contributed by atoms with Gasteiger partial charge in [-0.25, -0.2) is 0 Å². The van der Waals surface area contributed by atoms with Crippen LogP contribution in [0.2, 0.25) is 0 Å². The number of hydrogen-bond donors (Lipinski definition) is 0. The lowest BCUT2D eigenvalue weighted by atomic mass is 9.99. The highest BCUT2D eigenvalue weighted by Gasteiger charge is 2.14. The van der Waals surface area contributed by atoms with Crippen LogP contribution in [0.25, 0.3) is 44.2 Å². The zero-order valence-corrected chi connectivity index (χ0v) is 22.7. The van der Waals surface area contributed by atoms with Crippen LogP contribution in [0.4, 0.5) is 17.1 Å². The molecule has 7 aromatic carbocycles. The molecule has 0 aromatic heterocycles. The fourth-order valence-corrected chi connectivity index (χ4v) is 5.51. The van der Waals surface area contributed by atoms with Gasteiger partial charge in [-0.15, -0.1) is 0 Å². The number of hydrogen-bond acceptors (Lipinski definition) is 1. The predicted octanol–water partition coefficient (Wildman–Crippen LogP) is 11.3. The van der Waals surface area contributed by atoms with Gasteiger partial charge in [0.1, 0.15) is 0 Å². The summed E-state index contributed by atoms with van der Waals surface area (Å²) >= 11 is 0. The number of fused-ring (bicyclic) bond motifs is 1. The predicted molar refractivity (Wildman–Crippen MR) is 175 cm³/mol. The molecule has 0 spiro atoms. The summed E-state index contributed by atoms with van der Waals surface area (Å²) in [7, 11) is 0. The van der Waals surface area contributed by atoms with E-state index in [4.69, 9.17) is 0 Å². The van der Waals surface area contributed by atoms with Crippen molar-refractivity contribution in [3.8, 4) is 33.4 Å². The van der Waals surface area contributed by atoms with Gasteiger partial charge < -0.3 is 4.90 Å². The highest BCUT2D eigenvalue weighted by molar-refractivity contribution is 5.88. The fraction of sp³-hybridized carbons (Fsp3) is 0. The summed E-state index contributed by atoms with van der Waals surface area (Å²) in [5.41, 5.74) is 10.7. The van der Waals surface area contributed by atoms with Gasteiger partial charge in [-0.2, -0.15) is 0 Å². The monoisotopic (exact) mass is 523 g/mol. The van der Waals surface area contributed by atoms with Crippen molar-refractivity contribution in [1.82, 2.24) is 0 Å². The molecule has 0 atom stereocenters. The first kappa shape index (κ1) is 24.6. The summed E-state index contributed by atoms with van der Waals surface area (Å²) in [5.74, 6) is 0. The van der Waals surface area contributed by atoms with Crippen LogP contribution in [0.1, 0.15) is 0 Å². The van der Waals surface area contributed by atoms with Crippen molar-refractivity contribution in [1.29, 1.82) is 0 Å². The molecule has 0 aliphatic heterocycles. The number of anilines is 3. The van der Waals surface area contributed by atoms with Crippen LogP contribution in [0, 0.1) is 0 Å². The third kappa shape index (κ3) is 5.14. The minimum absolute atomic E-state index is 1.12. The molecule has 1 nitrogen and oxygen atoms in total. The van der Waals surface area contributed by atoms with Gasteiger partial charge in [0.05, 0.1) is 0 Å². The molecule has 0 fully saturated rings. The van der Waals surface area contributed by atoms with Crippen molar-refractivity contribution in [3.05, 3.63) is 176 Å². The molecule has 7 aromatic rings. The van der Waals surface area contributed by atoms with Crippen LogP contribution in [-0.4, -0.2) is 0 Å². The largest absolute Gasteiger partial charge is 0.310 e. The maximum atomic E-state index is 2.33. The first-order chi connectivity index (χ1) is 20.3. The standard InChI is InChI=1S/C40H29N/c1-3-10-30(11-4-1)32-18-20-33(21-19-32)34-24-26-39(27-25-34)41(38-15-5-2-6-16-38)40-17-9-14-36(29-40)37-23-22-31-12-7-8-13-35(31)28-37/h1-29H. The third-order valence-electron chi connectivity index (χ3n) is 7.65. The van der Waals surface area contributed by atoms with Crippen molar-refractivity contribution in [3.63, 3.8) is 0 Å². The smallest absolute Gasteiger partial charge is 0.0467 e. The summed E-state index contributed by atoms with van der Waals surface area (Å²) in [5, 5.41) is 2.51. The van der Waals surface area contributed by atoms with E-state index in [0.29, 0.717) is 0 Å². The first-order valence-electron chi connectivity index (χ1n) is 14.0. The lowest BCUT2D eigenvalue weighted by molar-refractivity contribution is 1.28. The Morgan fingerprint density at radius 3 is 1.37 bits per heavy atom. The molecule has 7 rings (SSSR count). The Morgan fingerprint density at radius 1 is 0.244 bits per heavy atom. The molecule has 1 heteroatoms. The first-order valence-corrected chi connectivity index (χ1v) is 14.0. The minimum atomic E-state index is 1.12. The van der Waals surface area contributed by atoms with Gasteiger partial charge in [0, 0.05) is 17.1 Å². The number of rotatable bonds is 6. The fourth-order valence-electron chi connectivity index (χ4n) is 5.51. The Hall–Kier alpha value is -5.40. The van der Waals surface area contributed by atoms with Gasteiger partial charge in [0.25, 0.3) is 0 Å². The SMILES string of the molecule is c1ccc(-c2ccc(-c3ccc(N(c4ccccc4)c4cccc(-c5ccc6ccccc6c5)c4)cc3)cc2)cc1. The van der Waals surface area contributed by atoms with Crippen LogP contribution in [0.15, 0.2) is 176 Å². The van der Waals surface area contributed by atoms with Gasteiger partial charge >= 0.3 is 0 Å². The van der Waals surface area contributed by atoms with Crippen LogP contribution >= 0.6 is 0 Å². The van der Waals surface area contributed by atoms with Crippen molar-refractivity contribution in [2.24, 2.45) is 0 Å². The van der Waals surface area contributed by atoms with Crippen molar-refractivity contribution < 1.29 is 0 Å². The Balaban J connectivity index is 1.23. The van der Waals surface area contributed by atoms with Crippen LogP contribution in [0.3, 0.4) is 0 Å². The number of nitrogens with zero attached hydrogens (tertiary/aromatic N) is 1. The van der Waals surface area contributed by atoms with E-state index in [1.54, 1.807) is 0 Å². The molecule has 0 amide bonds. The molecule has 41 heavy (non-hydrogen) atoms. The summed E-state index contributed by atoms with van der Waals surface area (Å²) in [6.07, 6.45) is 0. The van der Waals surface area contributed by atoms with Gasteiger partial charge in [0.15, 0.2) is 0 Å². The zero-order chi connectivity index (χ0) is 27.4. The Morgan fingerprint density at radius 2 is 0.683 bits per heavy atom. The van der Waals surface area contributed by atoms with E-state index >= 15 is 0 Å². The van der Waals surface area contributed by atoms with E-state index in [1.165, 1.54) is 44.2 Å². The highest BCUT2D eigenvalue weighted by Crippen LogP contribution is 2.38. The summed E-state index contributed by atoms with van der Waals surface area (Å²) in [6.45, 7) is 0.